The Morgan fingerprint density at radius 1 is 1.45 bits per heavy atom. The molecular weight excluding hydrogens is 280 g/mol. The fourth-order valence-electron chi connectivity index (χ4n) is 3.44. The molecule has 0 aliphatic carbocycles. The number of nitrogens with one attached hydrogen (secondary N) is 1. The lowest BCUT2D eigenvalue weighted by molar-refractivity contribution is 0.0461. The predicted molar refractivity (Wildman–Crippen MR) is 85.2 cm³/mol. The van der Waals surface area contributed by atoms with E-state index in [9.17, 15) is 14.7 Å². The fourth-order valence-corrected chi connectivity index (χ4v) is 3.44. The average molecular weight is 306 g/mol. The number of carbonyl (C=O) groups excluding carboxylic acids is 2. The highest BCUT2D eigenvalue weighted by Gasteiger charge is 2.30. The standard InChI is InChI=1S/C17H26N2O3/c1-5-14-15(12(4)21)10(2)18-16(14)17(22)19-8-6-7-13(9-19)11(3)20/h11,13,18,20H,5-9H2,1-4H3. The Balaban J connectivity index is 2.30. The summed E-state index contributed by atoms with van der Waals surface area (Å²) >= 11 is 0. The molecule has 0 saturated carbocycles. The summed E-state index contributed by atoms with van der Waals surface area (Å²) in [5.74, 6) is 0.0639. The van der Waals surface area contributed by atoms with Gasteiger partial charge >= 0.3 is 0 Å². The molecule has 1 aliphatic heterocycles. The molecule has 5 heteroatoms. The van der Waals surface area contributed by atoms with Crippen LogP contribution in [0.4, 0.5) is 0 Å². The minimum absolute atomic E-state index is 0.00912. The second-order valence-electron chi connectivity index (χ2n) is 6.28. The highest BCUT2D eigenvalue weighted by Crippen LogP contribution is 2.25. The molecule has 2 heterocycles. The molecule has 0 spiro atoms. The average Bonchev–Trinajstić information content (AvgIpc) is 2.83. The molecule has 1 fully saturated rings. The van der Waals surface area contributed by atoms with Crippen molar-refractivity contribution in [3.05, 3.63) is 22.5 Å². The molecule has 2 N–H and O–H groups in total. The lowest BCUT2D eigenvalue weighted by Crippen LogP contribution is -2.43. The van der Waals surface area contributed by atoms with Crippen molar-refractivity contribution in [1.29, 1.82) is 0 Å². The van der Waals surface area contributed by atoms with E-state index in [1.54, 1.807) is 11.8 Å². The van der Waals surface area contributed by atoms with Gasteiger partial charge in [0.2, 0.25) is 0 Å². The van der Waals surface area contributed by atoms with E-state index in [1.807, 2.05) is 13.8 Å². The van der Waals surface area contributed by atoms with Gasteiger partial charge in [-0.25, -0.2) is 0 Å². The maximum Gasteiger partial charge on any atom is 0.270 e. The van der Waals surface area contributed by atoms with Crippen LogP contribution >= 0.6 is 0 Å². The first-order chi connectivity index (χ1) is 10.4. The highest BCUT2D eigenvalue weighted by atomic mass is 16.3. The summed E-state index contributed by atoms with van der Waals surface area (Å²) in [7, 11) is 0. The van der Waals surface area contributed by atoms with Crippen LogP contribution in [0.1, 0.15) is 65.7 Å². The van der Waals surface area contributed by atoms with E-state index in [0.29, 0.717) is 30.8 Å². The van der Waals surface area contributed by atoms with E-state index in [4.69, 9.17) is 0 Å². The quantitative estimate of drug-likeness (QED) is 0.838. The van der Waals surface area contributed by atoms with Crippen LogP contribution in [0.2, 0.25) is 0 Å². The largest absolute Gasteiger partial charge is 0.393 e. The number of hydrogen-bond acceptors (Lipinski definition) is 3. The van der Waals surface area contributed by atoms with Crippen molar-refractivity contribution in [1.82, 2.24) is 9.88 Å². The number of Topliss-reactive ketones (excluding diaryl/α,β-unsaturated/α-hetero) is 1. The number of piperidine rings is 1. The normalized spacial score (nSPS) is 20.0. The third-order valence-corrected chi connectivity index (χ3v) is 4.64. The van der Waals surface area contributed by atoms with Gasteiger partial charge in [-0.3, -0.25) is 9.59 Å². The van der Waals surface area contributed by atoms with Crippen molar-refractivity contribution >= 4 is 11.7 Å². The number of H-pyrrole nitrogens is 1. The number of aryl methyl sites for hydroxylation is 1. The Labute approximate surface area is 131 Å². The molecule has 1 aliphatic rings. The highest BCUT2D eigenvalue weighted by molar-refractivity contribution is 6.02. The molecule has 0 bridgehead atoms. The van der Waals surface area contributed by atoms with Crippen LogP contribution in [0.3, 0.4) is 0 Å². The zero-order valence-electron chi connectivity index (χ0n) is 13.9. The number of aliphatic hydroxyl groups is 1. The van der Waals surface area contributed by atoms with Gasteiger partial charge in [0.05, 0.1) is 6.10 Å². The van der Waals surface area contributed by atoms with Gasteiger partial charge < -0.3 is 15.0 Å². The van der Waals surface area contributed by atoms with Crippen molar-refractivity contribution in [3.63, 3.8) is 0 Å². The Morgan fingerprint density at radius 3 is 2.68 bits per heavy atom. The summed E-state index contributed by atoms with van der Waals surface area (Å²) < 4.78 is 0. The summed E-state index contributed by atoms with van der Waals surface area (Å²) in [6.07, 6.45) is 2.10. The molecule has 22 heavy (non-hydrogen) atoms. The minimum Gasteiger partial charge on any atom is -0.393 e. The topological polar surface area (TPSA) is 73.4 Å². The third-order valence-electron chi connectivity index (χ3n) is 4.64. The second kappa shape index (κ2) is 6.65. The minimum atomic E-state index is -0.403. The fraction of sp³-hybridized carbons (Fsp3) is 0.647. The lowest BCUT2D eigenvalue weighted by atomic mass is 9.93. The number of likely N-dealkylation sites (tertiary alicyclic amines) is 1. The SMILES string of the molecule is CCc1c(C(=O)N2CCCC(C(C)O)C2)[nH]c(C)c1C(C)=O. The smallest absolute Gasteiger partial charge is 0.270 e. The monoisotopic (exact) mass is 306 g/mol. The van der Waals surface area contributed by atoms with E-state index < -0.39 is 6.10 Å². The van der Waals surface area contributed by atoms with Crippen LogP contribution in [0.25, 0.3) is 0 Å². The van der Waals surface area contributed by atoms with Crippen LogP contribution in [0, 0.1) is 12.8 Å². The van der Waals surface area contributed by atoms with Gasteiger partial charge in [0.25, 0.3) is 5.91 Å². The number of amides is 1. The van der Waals surface area contributed by atoms with E-state index in [0.717, 1.165) is 24.1 Å². The molecule has 1 saturated heterocycles. The Hall–Kier alpha value is -1.62. The first-order valence-corrected chi connectivity index (χ1v) is 8.06. The molecule has 2 rings (SSSR count). The molecule has 5 nitrogen and oxygen atoms in total. The molecule has 0 radical (unpaired) electrons. The Bertz CT molecular complexity index is 575. The van der Waals surface area contributed by atoms with Crippen molar-refractivity contribution < 1.29 is 14.7 Å². The number of aromatic nitrogens is 1. The molecule has 1 aromatic rings. The molecule has 1 amide bonds. The summed E-state index contributed by atoms with van der Waals surface area (Å²) in [5.41, 5.74) is 2.76. The van der Waals surface area contributed by atoms with Crippen LogP contribution in [0.15, 0.2) is 0 Å². The number of hydrogen-bond donors (Lipinski definition) is 2. The maximum absolute atomic E-state index is 12.8. The summed E-state index contributed by atoms with van der Waals surface area (Å²) in [6, 6.07) is 0. The summed E-state index contributed by atoms with van der Waals surface area (Å²) in [4.78, 5) is 29.6. The summed E-state index contributed by atoms with van der Waals surface area (Å²) in [5, 5.41) is 9.78. The van der Waals surface area contributed by atoms with Gasteiger partial charge in [0, 0.05) is 30.3 Å². The Kier molecular flexibility index (Phi) is 5.06. The van der Waals surface area contributed by atoms with E-state index in [-0.39, 0.29) is 17.6 Å². The number of ketones is 1. The van der Waals surface area contributed by atoms with Gasteiger partial charge in [-0.05, 0) is 45.6 Å². The van der Waals surface area contributed by atoms with Gasteiger partial charge in [0.1, 0.15) is 5.69 Å². The number of aromatic amines is 1. The van der Waals surface area contributed by atoms with E-state index in [2.05, 4.69) is 4.98 Å². The van der Waals surface area contributed by atoms with Crippen molar-refractivity contribution in [3.8, 4) is 0 Å². The van der Waals surface area contributed by atoms with Crippen molar-refractivity contribution in [2.75, 3.05) is 13.1 Å². The first-order valence-electron chi connectivity index (χ1n) is 8.06. The summed E-state index contributed by atoms with van der Waals surface area (Å²) in [6.45, 7) is 8.39. The maximum atomic E-state index is 12.8. The van der Waals surface area contributed by atoms with Crippen molar-refractivity contribution in [2.24, 2.45) is 5.92 Å². The number of nitrogens with zero attached hydrogens (tertiary/aromatic N) is 1. The number of rotatable bonds is 4. The van der Waals surface area contributed by atoms with Crippen LogP contribution in [0.5, 0.6) is 0 Å². The molecule has 0 aromatic carbocycles. The van der Waals surface area contributed by atoms with Gasteiger partial charge in [-0.1, -0.05) is 6.92 Å². The molecule has 2 unspecified atom stereocenters. The zero-order chi connectivity index (χ0) is 16.4. The molecule has 122 valence electrons. The zero-order valence-corrected chi connectivity index (χ0v) is 13.9. The molecule has 2 atom stereocenters. The first kappa shape index (κ1) is 16.7. The van der Waals surface area contributed by atoms with Crippen molar-refractivity contribution in [2.45, 2.75) is 53.1 Å². The molecular formula is C17H26N2O3. The number of carbonyl (C=O) groups is 2. The molecule has 1 aromatic heterocycles. The van der Waals surface area contributed by atoms with Crippen LogP contribution < -0.4 is 0 Å². The van der Waals surface area contributed by atoms with E-state index in [1.165, 1.54) is 6.92 Å². The predicted octanol–water partition coefficient (Wildman–Crippen LogP) is 2.32. The van der Waals surface area contributed by atoms with Crippen LogP contribution in [-0.2, 0) is 6.42 Å². The van der Waals surface area contributed by atoms with Gasteiger partial charge in [0.15, 0.2) is 5.78 Å². The van der Waals surface area contributed by atoms with E-state index >= 15 is 0 Å². The van der Waals surface area contributed by atoms with Crippen LogP contribution in [-0.4, -0.2) is 45.9 Å². The van der Waals surface area contributed by atoms with Gasteiger partial charge in [-0.2, -0.15) is 0 Å². The third kappa shape index (κ3) is 3.09. The Morgan fingerprint density at radius 2 is 2.14 bits per heavy atom. The second-order valence-corrected chi connectivity index (χ2v) is 6.28. The van der Waals surface area contributed by atoms with Gasteiger partial charge in [-0.15, -0.1) is 0 Å². The number of aliphatic hydroxyl groups excluding tert-OH is 1. The lowest BCUT2D eigenvalue weighted by Gasteiger charge is -2.34.